The maximum Gasteiger partial charge on any atom is 0.247 e. The predicted octanol–water partition coefficient (Wildman–Crippen LogP) is -0.415. The Labute approximate surface area is 205 Å². The molecule has 0 aliphatic carbocycles. The van der Waals surface area contributed by atoms with Gasteiger partial charge in [0.25, 0.3) is 0 Å². The summed E-state index contributed by atoms with van der Waals surface area (Å²) in [7, 11) is 0. The summed E-state index contributed by atoms with van der Waals surface area (Å²) in [6, 6.07) is 6.81. The molecule has 1 unspecified atom stereocenters. The Morgan fingerprint density at radius 3 is 2.51 bits per heavy atom. The van der Waals surface area contributed by atoms with Crippen molar-refractivity contribution < 1.29 is 24.6 Å². The molecule has 1 aromatic rings. The van der Waals surface area contributed by atoms with E-state index in [1.807, 2.05) is 37.3 Å². The van der Waals surface area contributed by atoms with Crippen LogP contribution in [-0.4, -0.2) is 80.3 Å². The third-order valence-electron chi connectivity index (χ3n) is 7.03. The molecule has 1 fully saturated rings. The molecular formula is C25H37N5O5. The molecular weight excluding hydrogens is 450 g/mol. The van der Waals surface area contributed by atoms with Crippen molar-refractivity contribution in [1.82, 2.24) is 15.1 Å². The minimum absolute atomic E-state index is 0.230. The average molecular weight is 488 g/mol. The van der Waals surface area contributed by atoms with Gasteiger partial charge in [-0.3, -0.25) is 14.4 Å². The van der Waals surface area contributed by atoms with Crippen molar-refractivity contribution in [1.29, 1.82) is 0 Å². The molecule has 10 heteroatoms. The van der Waals surface area contributed by atoms with Crippen molar-refractivity contribution in [2.24, 2.45) is 11.5 Å². The Morgan fingerprint density at radius 2 is 1.91 bits per heavy atom. The molecule has 0 radical (unpaired) electrons. The minimum Gasteiger partial charge on any atom is -0.391 e. The molecule has 0 saturated carbocycles. The maximum absolute atomic E-state index is 13.9. The molecule has 3 amide bonds. The van der Waals surface area contributed by atoms with Crippen LogP contribution in [0.15, 0.2) is 42.6 Å². The number of carbonyl (C=O) groups is 3. The van der Waals surface area contributed by atoms with Gasteiger partial charge in [-0.15, -0.1) is 0 Å². The Kier molecular flexibility index (Phi) is 8.52. The summed E-state index contributed by atoms with van der Waals surface area (Å²) < 4.78 is 0. The fourth-order valence-corrected chi connectivity index (χ4v) is 4.99. The van der Waals surface area contributed by atoms with E-state index in [0.29, 0.717) is 32.2 Å². The molecule has 2 aliphatic rings. The summed E-state index contributed by atoms with van der Waals surface area (Å²) in [6.07, 6.45) is 3.34. The Hall–Kier alpha value is -2.95. The van der Waals surface area contributed by atoms with Gasteiger partial charge < -0.3 is 36.8 Å². The Morgan fingerprint density at radius 1 is 1.23 bits per heavy atom. The molecule has 1 saturated heterocycles. The topological polar surface area (TPSA) is 162 Å². The number of rotatable bonds is 10. The van der Waals surface area contributed by atoms with Crippen molar-refractivity contribution in [2.75, 3.05) is 6.54 Å². The third-order valence-corrected chi connectivity index (χ3v) is 7.03. The number of aliphatic hydroxyl groups is 2. The van der Waals surface area contributed by atoms with E-state index in [1.165, 1.54) is 6.92 Å². The zero-order valence-corrected chi connectivity index (χ0v) is 20.3. The van der Waals surface area contributed by atoms with Gasteiger partial charge in [-0.1, -0.05) is 43.3 Å². The highest BCUT2D eigenvalue weighted by molar-refractivity contribution is 5.96. The van der Waals surface area contributed by atoms with Crippen molar-refractivity contribution in [3.8, 4) is 0 Å². The summed E-state index contributed by atoms with van der Waals surface area (Å²) in [5.41, 5.74) is 11.0. The molecule has 7 N–H and O–H groups in total. The summed E-state index contributed by atoms with van der Waals surface area (Å²) >= 11 is 0. The molecule has 6 atom stereocenters. The monoisotopic (exact) mass is 487 g/mol. The van der Waals surface area contributed by atoms with Crippen LogP contribution in [-0.2, 0) is 20.8 Å². The number of nitrogens with two attached hydrogens (primary N) is 2. The number of nitrogens with zero attached hydrogens (tertiary/aromatic N) is 2. The standard InChI is InChI=1S/C25H37N5O5/c1-3-18(26)22(33)29-13-7-11-19(29)23(34)30-14-8-12-25(30,15-17-9-5-4-6-10-17)24(35)28-20(16(2)31)21(27)32/h4-7,9-10,13,16,18-20,22,31,33H,3,8,11-12,14-15,26H2,1-2H3,(H2,27,32)(H,28,35)/t16-,18+,19+,20+,22?,25-/m1/s1. The quantitative estimate of drug-likeness (QED) is 0.299. The predicted molar refractivity (Wildman–Crippen MR) is 130 cm³/mol. The molecule has 2 heterocycles. The number of hydrogen-bond donors (Lipinski definition) is 5. The normalized spacial score (nSPS) is 25.2. The molecule has 35 heavy (non-hydrogen) atoms. The second kappa shape index (κ2) is 11.2. The van der Waals surface area contributed by atoms with Gasteiger partial charge in [-0.05, 0) is 44.4 Å². The minimum atomic E-state index is -1.29. The highest BCUT2D eigenvalue weighted by Crippen LogP contribution is 2.36. The summed E-state index contributed by atoms with van der Waals surface area (Å²) in [5.74, 6) is -1.70. The first kappa shape index (κ1) is 26.7. The van der Waals surface area contributed by atoms with Gasteiger partial charge >= 0.3 is 0 Å². The SMILES string of the molecule is CC[C@H](N)C(O)N1C=CC[C@H]1C(=O)N1CCC[C@@]1(Cc1ccccc1)C(=O)N[C@H](C(N)=O)[C@@H](C)O. The van der Waals surface area contributed by atoms with Crippen LogP contribution >= 0.6 is 0 Å². The smallest absolute Gasteiger partial charge is 0.247 e. The first-order chi connectivity index (χ1) is 16.6. The zero-order chi connectivity index (χ0) is 25.8. The Bertz CT molecular complexity index is 939. The van der Waals surface area contributed by atoms with Crippen molar-refractivity contribution in [3.63, 3.8) is 0 Å². The first-order valence-corrected chi connectivity index (χ1v) is 12.1. The van der Waals surface area contributed by atoms with Crippen LogP contribution in [0.1, 0.15) is 45.1 Å². The van der Waals surface area contributed by atoms with Crippen LogP contribution in [0.3, 0.4) is 0 Å². The van der Waals surface area contributed by atoms with E-state index in [-0.39, 0.29) is 12.3 Å². The lowest BCUT2D eigenvalue weighted by atomic mass is 9.86. The molecule has 0 bridgehead atoms. The largest absolute Gasteiger partial charge is 0.391 e. The van der Waals surface area contributed by atoms with Crippen LogP contribution in [0.2, 0.25) is 0 Å². The first-order valence-electron chi connectivity index (χ1n) is 12.1. The van der Waals surface area contributed by atoms with E-state index in [1.54, 1.807) is 22.1 Å². The van der Waals surface area contributed by atoms with Crippen LogP contribution in [0.5, 0.6) is 0 Å². The van der Waals surface area contributed by atoms with Crippen LogP contribution in [0, 0.1) is 0 Å². The average Bonchev–Trinajstić information content (AvgIpc) is 3.49. The molecule has 1 aromatic carbocycles. The lowest BCUT2D eigenvalue weighted by Gasteiger charge is -2.42. The lowest BCUT2D eigenvalue weighted by molar-refractivity contribution is -0.151. The summed E-state index contributed by atoms with van der Waals surface area (Å²) in [5, 5.41) is 23.3. The number of aliphatic hydroxyl groups excluding tert-OH is 2. The van der Waals surface area contributed by atoms with E-state index in [9.17, 15) is 24.6 Å². The van der Waals surface area contributed by atoms with Gasteiger partial charge in [0.15, 0.2) is 0 Å². The molecule has 0 aromatic heterocycles. The van der Waals surface area contributed by atoms with Crippen molar-refractivity contribution >= 4 is 17.7 Å². The number of hydrogen-bond acceptors (Lipinski definition) is 7. The van der Waals surface area contributed by atoms with Crippen LogP contribution in [0.25, 0.3) is 0 Å². The van der Waals surface area contributed by atoms with Gasteiger partial charge in [0.2, 0.25) is 17.7 Å². The second-order valence-electron chi connectivity index (χ2n) is 9.45. The van der Waals surface area contributed by atoms with Gasteiger partial charge in [0.1, 0.15) is 23.9 Å². The lowest BCUT2D eigenvalue weighted by Crippen LogP contribution is -2.65. The van der Waals surface area contributed by atoms with E-state index in [4.69, 9.17) is 11.5 Å². The van der Waals surface area contributed by atoms with Gasteiger partial charge in [0, 0.05) is 19.0 Å². The molecule has 2 aliphatic heterocycles. The van der Waals surface area contributed by atoms with E-state index in [2.05, 4.69) is 5.32 Å². The van der Waals surface area contributed by atoms with E-state index >= 15 is 0 Å². The van der Waals surface area contributed by atoms with Gasteiger partial charge in [-0.2, -0.15) is 0 Å². The van der Waals surface area contributed by atoms with Gasteiger partial charge in [-0.25, -0.2) is 0 Å². The number of primary amides is 1. The maximum atomic E-state index is 13.9. The zero-order valence-electron chi connectivity index (χ0n) is 20.3. The molecule has 10 nitrogen and oxygen atoms in total. The number of amides is 3. The second-order valence-corrected chi connectivity index (χ2v) is 9.45. The summed E-state index contributed by atoms with van der Waals surface area (Å²) in [4.78, 5) is 42.7. The van der Waals surface area contributed by atoms with Crippen molar-refractivity contribution in [3.05, 3.63) is 48.2 Å². The number of nitrogens with one attached hydrogen (secondary N) is 1. The van der Waals surface area contributed by atoms with Crippen LogP contribution in [0.4, 0.5) is 0 Å². The van der Waals surface area contributed by atoms with Crippen LogP contribution < -0.4 is 16.8 Å². The molecule has 192 valence electrons. The molecule has 3 rings (SSSR count). The number of benzene rings is 1. The fraction of sp³-hybridized carbons (Fsp3) is 0.560. The van der Waals surface area contributed by atoms with E-state index in [0.717, 1.165) is 5.56 Å². The molecule has 0 spiro atoms. The van der Waals surface area contributed by atoms with E-state index < -0.39 is 47.8 Å². The highest BCUT2D eigenvalue weighted by Gasteiger charge is 2.52. The highest BCUT2D eigenvalue weighted by atomic mass is 16.3. The fourth-order valence-electron chi connectivity index (χ4n) is 4.99. The Balaban J connectivity index is 1.95. The number of carbonyl (C=O) groups excluding carboxylic acids is 3. The van der Waals surface area contributed by atoms with Crippen molar-refractivity contribution in [2.45, 2.75) is 81.9 Å². The third kappa shape index (κ3) is 5.50. The number of likely N-dealkylation sites (tertiary alicyclic amines) is 1. The summed E-state index contributed by atoms with van der Waals surface area (Å²) in [6.45, 7) is 3.57. The van der Waals surface area contributed by atoms with Gasteiger partial charge in [0.05, 0.1) is 6.10 Å².